The lowest BCUT2D eigenvalue weighted by atomic mass is 10.2. The highest BCUT2D eigenvalue weighted by Crippen LogP contribution is 2.31. The molecule has 1 saturated heterocycles. The van der Waals surface area contributed by atoms with E-state index in [2.05, 4.69) is 17.1 Å². The summed E-state index contributed by atoms with van der Waals surface area (Å²) in [4.78, 5) is 13.2. The van der Waals surface area contributed by atoms with E-state index in [1.54, 1.807) is 6.07 Å². The van der Waals surface area contributed by atoms with Crippen molar-refractivity contribution in [1.29, 1.82) is 0 Å². The second-order valence-corrected chi connectivity index (χ2v) is 6.43. The van der Waals surface area contributed by atoms with Gasteiger partial charge in [-0.1, -0.05) is 19.1 Å². The van der Waals surface area contributed by atoms with Gasteiger partial charge in [-0.05, 0) is 49.1 Å². The Bertz CT molecular complexity index is 740. The van der Waals surface area contributed by atoms with Crippen LogP contribution in [0.1, 0.15) is 25.3 Å². The molecule has 1 N–H and O–H groups in total. The van der Waals surface area contributed by atoms with Crippen molar-refractivity contribution < 1.29 is 9.66 Å². The Morgan fingerprint density at radius 1 is 1.15 bits per heavy atom. The van der Waals surface area contributed by atoms with Crippen LogP contribution in [-0.2, 0) is 6.42 Å². The molecule has 0 unspecified atom stereocenters. The largest absolute Gasteiger partial charge is 0.492 e. The number of anilines is 2. The number of ether oxygens (including phenoxy) is 1. The summed E-state index contributed by atoms with van der Waals surface area (Å²) in [7, 11) is 0. The number of hydrogen-bond acceptors (Lipinski definition) is 5. The second kappa shape index (κ2) is 8.56. The SMILES string of the molecule is CCc1ccc(OCCNc2cc(N3CCCC3)ccc2[N+](=O)[O-])cc1. The van der Waals surface area contributed by atoms with Crippen LogP contribution in [0.15, 0.2) is 42.5 Å². The predicted molar refractivity (Wildman–Crippen MR) is 104 cm³/mol. The number of hydrogen-bond donors (Lipinski definition) is 1. The zero-order valence-electron chi connectivity index (χ0n) is 15.1. The van der Waals surface area contributed by atoms with Crippen LogP contribution < -0.4 is 15.0 Å². The number of nitro groups is 1. The van der Waals surface area contributed by atoms with Crippen molar-refractivity contribution >= 4 is 17.1 Å². The van der Waals surface area contributed by atoms with E-state index < -0.39 is 0 Å². The van der Waals surface area contributed by atoms with Crippen LogP contribution in [0.25, 0.3) is 0 Å². The summed E-state index contributed by atoms with van der Waals surface area (Å²) in [6.07, 6.45) is 3.34. The molecule has 0 radical (unpaired) electrons. The lowest BCUT2D eigenvalue weighted by Crippen LogP contribution is -2.18. The molecule has 0 aliphatic carbocycles. The summed E-state index contributed by atoms with van der Waals surface area (Å²) in [6.45, 7) is 5.07. The lowest BCUT2D eigenvalue weighted by molar-refractivity contribution is -0.383. The normalized spacial score (nSPS) is 13.7. The molecule has 0 saturated carbocycles. The molecule has 2 aromatic carbocycles. The molecule has 6 heteroatoms. The van der Waals surface area contributed by atoms with Crippen LogP contribution in [0.4, 0.5) is 17.1 Å². The third kappa shape index (κ3) is 4.45. The minimum Gasteiger partial charge on any atom is -0.492 e. The first kappa shape index (κ1) is 18.0. The molecule has 1 aliphatic heterocycles. The molecule has 0 aromatic heterocycles. The van der Waals surface area contributed by atoms with E-state index in [9.17, 15) is 10.1 Å². The Kier molecular flexibility index (Phi) is 5.94. The maximum Gasteiger partial charge on any atom is 0.292 e. The predicted octanol–water partition coefficient (Wildman–Crippen LogP) is 4.25. The zero-order valence-corrected chi connectivity index (χ0v) is 15.1. The smallest absolute Gasteiger partial charge is 0.292 e. The topological polar surface area (TPSA) is 67.6 Å². The van der Waals surface area contributed by atoms with Gasteiger partial charge in [0, 0.05) is 31.4 Å². The monoisotopic (exact) mass is 355 g/mol. The van der Waals surface area contributed by atoms with Gasteiger partial charge in [0.15, 0.2) is 0 Å². The molecule has 6 nitrogen and oxygen atoms in total. The van der Waals surface area contributed by atoms with Gasteiger partial charge in [0.1, 0.15) is 18.0 Å². The highest BCUT2D eigenvalue weighted by Gasteiger charge is 2.18. The zero-order chi connectivity index (χ0) is 18.4. The average Bonchev–Trinajstić information content (AvgIpc) is 3.20. The number of nitro benzene ring substituents is 1. The summed E-state index contributed by atoms with van der Waals surface area (Å²) >= 11 is 0. The molecular weight excluding hydrogens is 330 g/mol. The molecule has 2 aromatic rings. The van der Waals surface area contributed by atoms with Crippen molar-refractivity contribution in [2.45, 2.75) is 26.2 Å². The average molecular weight is 355 g/mol. The van der Waals surface area contributed by atoms with E-state index in [-0.39, 0.29) is 10.6 Å². The van der Waals surface area contributed by atoms with Crippen molar-refractivity contribution in [1.82, 2.24) is 0 Å². The molecular formula is C20H25N3O3. The van der Waals surface area contributed by atoms with Crippen LogP contribution in [-0.4, -0.2) is 31.2 Å². The summed E-state index contributed by atoms with van der Waals surface area (Å²) in [5.41, 5.74) is 2.95. The van der Waals surface area contributed by atoms with E-state index in [0.29, 0.717) is 18.8 Å². The van der Waals surface area contributed by atoms with E-state index in [0.717, 1.165) is 30.9 Å². The third-order valence-corrected chi connectivity index (χ3v) is 4.67. The number of benzene rings is 2. The molecule has 0 amide bonds. The van der Waals surface area contributed by atoms with Gasteiger partial charge in [0.2, 0.25) is 0 Å². The van der Waals surface area contributed by atoms with Crippen LogP contribution in [0, 0.1) is 10.1 Å². The minimum absolute atomic E-state index is 0.0974. The fraction of sp³-hybridized carbons (Fsp3) is 0.400. The first-order valence-corrected chi connectivity index (χ1v) is 9.16. The summed E-state index contributed by atoms with van der Waals surface area (Å²) in [6, 6.07) is 13.3. The second-order valence-electron chi connectivity index (χ2n) is 6.43. The molecule has 26 heavy (non-hydrogen) atoms. The molecule has 3 rings (SSSR count). The first-order valence-electron chi connectivity index (χ1n) is 9.16. The molecule has 0 spiro atoms. The van der Waals surface area contributed by atoms with E-state index in [4.69, 9.17) is 4.74 Å². The highest BCUT2D eigenvalue weighted by molar-refractivity contribution is 5.69. The van der Waals surface area contributed by atoms with Gasteiger partial charge in [-0.15, -0.1) is 0 Å². The molecule has 138 valence electrons. The fourth-order valence-corrected chi connectivity index (χ4v) is 3.17. The number of aryl methyl sites for hydroxylation is 1. The van der Waals surface area contributed by atoms with Crippen LogP contribution in [0.3, 0.4) is 0 Å². The Morgan fingerprint density at radius 2 is 1.88 bits per heavy atom. The van der Waals surface area contributed by atoms with E-state index in [1.165, 1.54) is 18.4 Å². The van der Waals surface area contributed by atoms with E-state index in [1.807, 2.05) is 36.4 Å². The van der Waals surface area contributed by atoms with Gasteiger partial charge in [-0.2, -0.15) is 0 Å². The van der Waals surface area contributed by atoms with Crippen LogP contribution >= 0.6 is 0 Å². The van der Waals surface area contributed by atoms with Crippen molar-refractivity contribution in [3.05, 3.63) is 58.1 Å². The summed E-state index contributed by atoms with van der Waals surface area (Å²) in [5.74, 6) is 0.810. The van der Waals surface area contributed by atoms with Crippen molar-refractivity contribution in [2.24, 2.45) is 0 Å². The molecule has 1 heterocycles. The Hall–Kier alpha value is -2.76. The fourth-order valence-electron chi connectivity index (χ4n) is 3.17. The molecule has 1 aliphatic rings. The van der Waals surface area contributed by atoms with Crippen LogP contribution in [0.2, 0.25) is 0 Å². The van der Waals surface area contributed by atoms with Gasteiger partial charge in [0.05, 0.1) is 4.92 Å². The van der Waals surface area contributed by atoms with Crippen molar-refractivity contribution in [3.8, 4) is 5.75 Å². The van der Waals surface area contributed by atoms with Gasteiger partial charge < -0.3 is 15.0 Å². The summed E-state index contributed by atoms with van der Waals surface area (Å²) in [5, 5.41) is 14.4. The molecule has 1 fully saturated rings. The Morgan fingerprint density at radius 3 is 2.54 bits per heavy atom. The first-order chi connectivity index (χ1) is 12.7. The maximum absolute atomic E-state index is 11.3. The number of rotatable bonds is 8. The van der Waals surface area contributed by atoms with Gasteiger partial charge in [-0.25, -0.2) is 0 Å². The molecule has 0 atom stereocenters. The number of nitrogens with one attached hydrogen (secondary N) is 1. The lowest BCUT2D eigenvalue weighted by Gasteiger charge is -2.19. The molecule has 0 bridgehead atoms. The number of nitrogens with zero attached hydrogens (tertiary/aromatic N) is 2. The quantitative estimate of drug-likeness (QED) is 0.436. The van der Waals surface area contributed by atoms with Crippen LogP contribution in [0.5, 0.6) is 5.75 Å². The third-order valence-electron chi connectivity index (χ3n) is 4.67. The maximum atomic E-state index is 11.3. The standard InChI is InChI=1S/C20H25N3O3/c1-2-16-5-8-18(9-6-16)26-14-11-21-19-15-17(22-12-3-4-13-22)7-10-20(19)23(24)25/h5-10,15,21H,2-4,11-14H2,1H3. The van der Waals surface area contributed by atoms with Gasteiger partial charge in [0.25, 0.3) is 5.69 Å². The Balaban J connectivity index is 1.59. The van der Waals surface area contributed by atoms with Gasteiger partial charge >= 0.3 is 0 Å². The van der Waals surface area contributed by atoms with Crippen molar-refractivity contribution in [3.63, 3.8) is 0 Å². The summed E-state index contributed by atoms with van der Waals surface area (Å²) < 4.78 is 5.71. The highest BCUT2D eigenvalue weighted by atomic mass is 16.6. The Labute approximate surface area is 153 Å². The van der Waals surface area contributed by atoms with E-state index >= 15 is 0 Å². The minimum atomic E-state index is -0.347. The van der Waals surface area contributed by atoms with Crippen molar-refractivity contribution in [2.75, 3.05) is 36.5 Å². The van der Waals surface area contributed by atoms with Gasteiger partial charge in [-0.3, -0.25) is 10.1 Å².